The van der Waals surface area contributed by atoms with Gasteiger partial charge in [0.15, 0.2) is 28.3 Å². The minimum absolute atomic E-state index is 0.000268. The van der Waals surface area contributed by atoms with Gasteiger partial charge in [0, 0.05) is 37.4 Å². The summed E-state index contributed by atoms with van der Waals surface area (Å²) in [7, 11) is -4.89. The predicted molar refractivity (Wildman–Crippen MR) is 265 cm³/mol. The van der Waals surface area contributed by atoms with E-state index in [4.69, 9.17) is 51.4 Å². The molecule has 4 heterocycles. The summed E-state index contributed by atoms with van der Waals surface area (Å²) in [6.07, 6.45) is -7.10. The molecule has 4 aromatic rings. The van der Waals surface area contributed by atoms with E-state index in [1.54, 1.807) is 45.2 Å². The van der Waals surface area contributed by atoms with E-state index in [0.29, 0.717) is 5.82 Å². The second-order valence-electron chi connectivity index (χ2n) is 22.3. The molecule has 14 nitrogen and oxygen atoms in total. The molecule has 0 aliphatic heterocycles. The lowest BCUT2D eigenvalue weighted by Gasteiger charge is -2.42. The van der Waals surface area contributed by atoms with Crippen LogP contribution in [-0.4, -0.2) is 107 Å². The number of carboxylic acids is 1. The van der Waals surface area contributed by atoms with E-state index in [1.807, 2.05) is 67.7 Å². The van der Waals surface area contributed by atoms with Crippen LogP contribution in [0.25, 0.3) is 11.6 Å². The molecule has 0 saturated heterocycles. The van der Waals surface area contributed by atoms with E-state index < -0.39 is 69.6 Å². The summed E-state index contributed by atoms with van der Waals surface area (Å²) in [6, 6.07) is 8.93. The van der Waals surface area contributed by atoms with Crippen molar-refractivity contribution < 1.29 is 64.1 Å². The van der Waals surface area contributed by atoms with E-state index in [2.05, 4.69) is 20.2 Å². The molecule has 4 aromatic heterocycles. The Bertz CT molecular complexity index is 2550. The van der Waals surface area contributed by atoms with Crippen LogP contribution in [-0.2, 0) is 13.6 Å². The molecular weight excluding hydrogens is 1030 g/mol. The van der Waals surface area contributed by atoms with Gasteiger partial charge < -0.3 is 28.2 Å². The summed E-state index contributed by atoms with van der Waals surface area (Å²) in [6.45, 7) is 25.1. The molecule has 6 rings (SSSR count). The van der Waals surface area contributed by atoms with Crippen molar-refractivity contribution in [2.24, 2.45) is 10.8 Å². The number of carbonyl (C=O) groups excluding carboxylic acids is 1. The summed E-state index contributed by atoms with van der Waals surface area (Å²) in [5.74, 6) is -0.753. The first-order chi connectivity index (χ1) is 32.8. The lowest BCUT2D eigenvalue weighted by atomic mass is 9.96. The number of halogens is 8. The molecule has 0 radical (unpaired) electrons. The number of hydrogen-bond donors (Lipinski definition) is 1. The molecule has 2 unspecified atom stereocenters. The van der Waals surface area contributed by atoms with Crippen molar-refractivity contribution in [1.29, 1.82) is 0 Å². The van der Waals surface area contributed by atoms with Crippen molar-refractivity contribution in [2.75, 3.05) is 13.2 Å². The molecule has 0 amide bonds. The van der Waals surface area contributed by atoms with Crippen molar-refractivity contribution in [3.63, 3.8) is 0 Å². The van der Waals surface area contributed by atoms with Gasteiger partial charge in [-0.2, -0.15) is 26.3 Å². The molecule has 400 valence electrons. The summed E-state index contributed by atoms with van der Waals surface area (Å²) in [5.41, 5.74) is -4.33. The van der Waals surface area contributed by atoms with E-state index in [0.717, 1.165) is 0 Å². The molecular formula is C48H66Cl2F6N6O8Si2. The molecule has 2 fully saturated rings. The Morgan fingerprint density at radius 1 is 0.639 bits per heavy atom. The van der Waals surface area contributed by atoms with Gasteiger partial charge in [-0.1, -0.05) is 64.7 Å². The van der Waals surface area contributed by atoms with Crippen LogP contribution in [0.2, 0.25) is 46.6 Å². The van der Waals surface area contributed by atoms with Crippen LogP contribution in [0.15, 0.2) is 48.8 Å². The summed E-state index contributed by atoms with van der Waals surface area (Å²) < 4.78 is 116. The molecule has 1 N–H and O–H groups in total. The zero-order valence-corrected chi connectivity index (χ0v) is 46.5. The zero-order chi connectivity index (χ0) is 54.3. The Balaban J connectivity index is 0.000000269. The number of alkyl halides is 6. The highest BCUT2D eigenvalue weighted by atomic mass is 35.5. The van der Waals surface area contributed by atoms with Gasteiger partial charge in [-0.05, 0) is 107 Å². The number of ether oxygens (including phenoxy) is 3. The Hall–Kier alpha value is -4.23. The van der Waals surface area contributed by atoms with Crippen molar-refractivity contribution in [3.05, 3.63) is 70.2 Å². The number of esters is 1. The molecule has 24 heteroatoms. The van der Waals surface area contributed by atoms with Gasteiger partial charge in [0.2, 0.25) is 11.8 Å². The topological polar surface area (TPSA) is 162 Å². The minimum atomic E-state index is -4.34. The smallest absolute Gasteiger partial charge is 0.396 e. The first-order valence-corrected chi connectivity index (χ1v) is 30.1. The SMILES string of the molecule is CC(C)(C)OC(=O)c1ccc(-n2ccc(OCCC(O[Si](C)(C)C(C)(C)C)C3(C(F)(F)F)CC3)n2)nc1Cl.CC(C)(C)[Si](C)(C)OC(CCOc1ccn(-c2ccc(C(=O)O)c(Cl)n2)n1)C1(C(F)(F)F)CC1. The number of hydrogen-bond acceptors (Lipinski definition) is 11. The maximum absolute atomic E-state index is 14.0. The number of aromatic carboxylic acids is 1. The number of carbonyl (C=O) groups is 2. The van der Waals surface area contributed by atoms with Crippen molar-refractivity contribution >= 4 is 51.8 Å². The average Bonchev–Trinajstić information content (AvgIpc) is 4.13. The fraction of sp³-hybridized carbons (Fsp3) is 0.625. The van der Waals surface area contributed by atoms with Crippen molar-refractivity contribution in [2.45, 2.75) is 167 Å². The van der Waals surface area contributed by atoms with Gasteiger partial charge >= 0.3 is 24.3 Å². The monoisotopic (exact) mass is 1090 g/mol. The number of rotatable bonds is 18. The quantitative estimate of drug-likeness (QED) is 0.0435. The molecule has 2 aliphatic carbocycles. The van der Waals surface area contributed by atoms with Gasteiger partial charge in [0.05, 0.1) is 47.4 Å². The number of nitrogens with zero attached hydrogens (tertiary/aromatic N) is 6. The Morgan fingerprint density at radius 2 is 1.00 bits per heavy atom. The molecule has 0 bridgehead atoms. The van der Waals surface area contributed by atoms with E-state index in [1.165, 1.54) is 33.8 Å². The second-order valence-corrected chi connectivity index (χ2v) is 32.6. The number of pyridine rings is 2. The van der Waals surface area contributed by atoms with Crippen molar-refractivity contribution in [3.8, 4) is 23.4 Å². The maximum Gasteiger partial charge on any atom is 0.396 e. The third-order valence-corrected chi connectivity index (χ3v) is 23.3. The highest BCUT2D eigenvalue weighted by Gasteiger charge is 2.69. The van der Waals surface area contributed by atoms with Crippen LogP contribution in [0.4, 0.5) is 26.3 Å². The van der Waals surface area contributed by atoms with Gasteiger partial charge in [-0.25, -0.2) is 28.9 Å². The lowest BCUT2D eigenvalue weighted by Crippen LogP contribution is -2.49. The van der Waals surface area contributed by atoms with Crippen LogP contribution >= 0.6 is 23.2 Å². The average molecular weight is 1100 g/mol. The Labute approximate surface area is 428 Å². The first-order valence-electron chi connectivity index (χ1n) is 23.5. The molecule has 0 aromatic carbocycles. The highest BCUT2D eigenvalue weighted by Crippen LogP contribution is 2.63. The zero-order valence-electron chi connectivity index (χ0n) is 42.9. The molecule has 2 atom stereocenters. The lowest BCUT2D eigenvalue weighted by molar-refractivity contribution is -0.214. The normalized spacial score (nSPS) is 16.8. The van der Waals surface area contributed by atoms with E-state index in [-0.39, 0.29) is 101 Å². The number of aromatic nitrogens is 6. The van der Waals surface area contributed by atoms with Gasteiger partial charge in [0.1, 0.15) is 15.9 Å². The summed E-state index contributed by atoms with van der Waals surface area (Å²) in [5, 5.41) is 16.9. The van der Waals surface area contributed by atoms with Crippen LogP contribution in [0.5, 0.6) is 11.8 Å². The minimum Gasteiger partial charge on any atom is -0.478 e. The largest absolute Gasteiger partial charge is 0.478 e. The third-order valence-electron chi connectivity index (χ3n) is 13.8. The van der Waals surface area contributed by atoms with E-state index in [9.17, 15) is 35.9 Å². The molecule has 2 saturated carbocycles. The first kappa shape index (κ1) is 58.7. The van der Waals surface area contributed by atoms with E-state index >= 15 is 0 Å². The Morgan fingerprint density at radius 3 is 1.29 bits per heavy atom. The molecule has 2 aliphatic rings. The van der Waals surface area contributed by atoms with Crippen molar-refractivity contribution in [1.82, 2.24) is 29.5 Å². The summed E-state index contributed by atoms with van der Waals surface area (Å²) >= 11 is 12.1. The van der Waals surface area contributed by atoms with Gasteiger partial charge in [-0.3, -0.25) is 0 Å². The standard InChI is InChI=1S/C26H37ClF3N3O4Si.C22H29ClF3N3O4Si/c1-23(2,3)36-22(34)17-9-10-19(31-21(17)27)33-15-11-20(32-33)35-16-12-18(25(13-14-25)26(28,29)30)37-38(7,8)24(4,5)6;1-20(2,3)34(4,5)33-15(21(10-11-21)22(24,25)26)9-13-32-17-8-12-29(28-17)16-7-6-14(19(30)31)18(23)27-16/h9-11,15,18H,12-14,16H2,1-8H3;6-8,12,15H,9-11,13H2,1-5H3,(H,30,31). The fourth-order valence-corrected chi connectivity index (χ4v) is 10.4. The predicted octanol–water partition coefficient (Wildman–Crippen LogP) is 13.5. The Kier molecular flexibility index (Phi) is 17.3. The van der Waals surface area contributed by atoms with Gasteiger partial charge in [-0.15, -0.1) is 10.2 Å². The molecule has 72 heavy (non-hydrogen) atoms. The summed E-state index contributed by atoms with van der Waals surface area (Å²) in [4.78, 5) is 31.6. The number of carboxylic acid groups (broad SMARTS) is 1. The van der Waals surface area contributed by atoms with Crippen LogP contribution in [0, 0.1) is 10.8 Å². The van der Waals surface area contributed by atoms with Crippen LogP contribution < -0.4 is 9.47 Å². The maximum atomic E-state index is 14.0. The molecule has 0 spiro atoms. The second kappa shape index (κ2) is 21.2. The van der Waals surface area contributed by atoms with Crippen LogP contribution in [0.1, 0.15) is 122 Å². The third kappa shape index (κ3) is 13.9. The highest BCUT2D eigenvalue weighted by molar-refractivity contribution is 6.74. The van der Waals surface area contributed by atoms with Gasteiger partial charge in [0.25, 0.3) is 0 Å². The van der Waals surface area contributed by atoms with Crippen LogP contribution in [0.3, 0.4) is 0 Å². The fourth-order valence-electron chi connectivity index (χ4n) is 7.12.